The van der Waals surface area contributed by atoms with Gasteiger partial charge in [0.15, 0.2) is 5.82 Å². The molecule has 3 rings (SSSR count). The van der Waals surface area contributed by atoms with Gasteiger partial charge in [0.2, 0.25) is 0 Å². The summed E-state index contributed by atoms with van der Waals surface area (Å²) in [4.78, 5) is 9.30. The van der Waals surface area contributed by atoms with Crippen LogP contribution in [0.25, 0.3) is 11.4 Å². The van der Waals surface area contributed by atoms with E-state index in [1.807, 2.05) is 12.4 Å². The number of hydrogen-bond donors (Lipinski definition) is 0. The molecule has 0 atom stereocenters. The molecule has 1 aliphatic rings. The van der Waals surface area contributed by atoms with Gasteiger partial charge in [0, 0.05) is 18.0 Å². The predicted molar refractivity (Wildman–Crippen MR) is 140 cm³/mol. The molecule has 0 bridgehead atoms. The lowest BCUT2D eigenvalue weighted by Gasteiger charge is -2.28. The number of aryl methyl sites for hydroxylation is 2. The summed E-state index contributed by atoms with van der Waals surface area (Å²) in [6.45, 7) is 7.56. The standard InChI is InChI=1S/C30H46N2O/c1-4-6-7-8-9-10-11-13-27-21-31-30(32-22-27)28-18-19-29(24(3)20-28)33-23-26-16-14-25(12-5-2)15-17-26/h18-22,25-26H,4-17,23H2,1-3H3. The average molecular weight is 451 g/mol. The van der Waals surface area contributed by atoms with Crippen LogP contribution in [0.3, 0.4) is 0 Å². The van der Waals surface area contributed by atoms with Gasteiger partial charge in [-0.25, -0.2) is 9.97 Å². The van der Waals surface area contributed by atoms with Gasteiger partial charge >= 0.3 is 0 Å². The molecule has 182 valence electrons. The molecule has 1 aromatic carbocycles. The lowest BCUT2D eigenvalue weighted by Crippen LogP contribution is -2.20. The minimum atomic E-state index is 0.712. The molecule has 1 fully saturated rings. The largest absolute Gasteiger partial charge is 0.493 e. The Hall–Kier alpha value is -1.90. The molecule has 2 aromatic rings. The Morgan fingerprint density at radius 1 is 0.818 bits per heavy atom. The van der Waals surface area contributed by atoms with Crippen LogP contribution in [-0.2, 0) is 6.42 Å². The van der Waals surface area contributed by atoms with Crippen LogP contribution in [0.1, 0.15) is 108 Å². The van der Waals surface area contributed by atoms with E-state index in [1.54, 1.807) is 0 Å². The molecule has 0 N–H and O–H groups in total. The number of benzene rings is 1. The molecule has 3 heteroatoms. The highest BCUT2D eigenvalue weighted by atomic mass is 16.5. The Morgan fingerprint density at radius 2 is 1.48 bits per heavy atom. The average Bonchev–Trinajstić information content (AvgIpc) is 2.84. The fourth-order valence-electron chi connectivity index (χ4n) is 5.17. The highest BCUT2D eigenvalue weighted by Crippen LogP contribution is 2.32. The van der Waals surface area contributed by atoms with Gasteiger partial charge in [-0.2, -0.15) is 0 Å². The second-order valence-corrected chi connectivity index (χ2v) is 10.3. The molecule has 1 saturated carbocycles. The molecule has 1 heterocycles. The minimum Gasteiger partial charge on any atom is -0.493 e. The van der Waals surface area contributed by atoms with E-state index in [9.17, 15) is 0 Å². The van der Waals surface area contributed by atoms with Crippen LogP contribution in [0.2, 0.25) is 0 Å². The third kappa shape index (κ3) is 8.76. The number of nitrogens with zero attached hydrogens (tertiary/aromatic N) is 2. The van der Waals surface area contributed by atoms with E-state index >= 15 is 0 Å². The Labute approximate surface area is 202 Å². The van der Waals surface area contributed by atoms with Crippen molar-refractivity contribution in [3.63, 3.8) is 0 Å². The van der Waals surface area contributed by atoms with Crippen LogP contribution in [-0.4, -0.2) is 16.6 Å². The summed E-state index contributed by atoms with van der Waals surface area (Å²) < 4.78 is 6.23. The highest BCUT2D eigenvalue weighted by molar-refractivity contribution is 5.58. The zero-order valence-electron chi connectivity index (χ0n) is 21.5. The van der Waals surface area contributed by atoms with Gasteiger partial charge in [-0.3, -0.25) is 0 Å². The molecule has 0 aliphatic heterocycles. The summed E-state index contributed by atoms with van der Waals surface area (Å²) in [5, 5.41) is 0. The third-order valence-electron chi connectivity index (χ3n) is 7.35. The van der Waals surface area contributed by atoms with E-state index in [0.29, 0.717) is 5.92 Å². The minimum absolute atomic E-state index is 0.712. The molecule has 0 unspecified atom stereocenters. The third-order valence-corrected chi connectivity index (χ3v) is 7.35. The first-order valence-electron chi connectivity index (χ1n) is 13.7. The normalized spacial score (nSPS) is 18.4. The number of ether oxygens (including phenoxy) is 1. The van der Waals surface area contributed by atoms with Crippen LogP contribution in [0.4, 0.5) is 0 Å². The van der Waals surface area contributed by atoms with Gasteiger partial charge in [0.25, 0.3) is 0 Å². The van der Waals surface area contributed by atoms with E-state index < -0.39 is 0 Å². The Balaban J connectivity index is 1.42. The Bertz CT molecular complexity index is 793. The van der Waals surface area contributed by atoms with E-state index in [0.717, 1.165) is 36.1 Å². The van der Waals surface area contributed by atoms with Crippen LogP contribution in [0.5, 0.6) is 5.75 Å². The number of unbranched alkanes of at least 4 members (excludes halogenated alkanes) is 6. The SMILES string of the molecule is CCCCCCCCCc1cnc(-c2ccc(OCC3CCC(CCC)CC3)c(C)c2)nc1. The molecule has 0 amide bonds. The first-order chi connectivity index (χ1) is 16.2. The second-order valence-electron chi connectivity index (χ2n) is 10.3. The summed E-state index contributed by atoms with van der Waals surface area (Å²) in [5.74, 6) is 3.48. The molecule has 1 aromatic heterocycles. The van der Waals surface area contributed by atoms with Crippen LogP contribution < -0.4 is 4.74 Å². The molecule has 0 saturated heterocycles. The maximum absolute atomic E-state index is 6.23. The molecule has 33 heavy (non-hydrogen) atoms. The van der Waals surface area contributed by atoms with Crippen molar-refractivity contribution in [2.24, 2.45) is 11.8 Å². The molecule has 1 aliphatic carbocycles. The number of hydrogen-bond acceptors (Lipinski definition) is 3. The number of aromatic nitrogens is 2. The summed E-state index contributed by atoms with van der Waals surface area (Å²) in [5.41, 5.74) is 3.49. The monoisotopic (exact) mass is 450 g/mol. The topological polar surface area (TPSA) is 35.0 Å². The van der Waals surface area contributed by atoms with Gasteiger partial charge in [-0.05, 0) is 73.8 Å². The smallest absolute Gasteiger partial charge is 0.159 e. The first-order valence-corrected chi connectivity index (χ1v) is 13.7. The van der Waals surface area contributed by atoms with Crippen molar-refractivity contribution >= 4 is 0 Å². The fraction of sp³-hybridized carbons (Fsp3) is 0.667. The predicted octanol–water partition coefficient (Wildman–Crippen LogP) is 8.73. The van der Waals surface area contributed by atoms with Crippen molar-refractivity contribution < 1.29 is 4.74 Å². The van der Waals surface area contributed by atoms with Gasteiger partial charge < -0.3 is 4.74 Å². The van der Waals surface area contributed by atoms with Crippen molar-refractivity contribution in [1.29, 1.82) is 0 Å². The molecule has 0 radical (unpaired) electrons. The first kappa shape index (κ1) is 25.7. The van der Waals surface area contributed by atoms with Gasteiger partial charge in [0.1, 0.15) is 5.75 Å². The summed E-state index contributed by atoms with van der Waals surface area (Å²) >= 11 is 0. The van der Waals surface area contributed by atoms with E-state index in [-0.39, 0.29) is 0 Å². The van der Waals surface area contributed by atoms with Crippen molar-refractivity contribution in [3.8, 4) is 17.1 Å². The number of rotatable bonds is 14. The van der Waals surface area contributed by atoms with Crippen LogP contribution in [0, 0.1) is 18.8 Å². The maximum atomic E-state index is 6.23. The summed E-state index contributed by atoms with van der Waals surface area (Å²) in [6.07, 6.45) is 22.6. The van der Waals surface area contributed by atoms with Crippen LogP contribution >= 0.6 is 0 Å². The lowest BCUT2D eigenvalue weighted by atomic mass is 9.80. The highest BCUT2D eigenvalue weighted by Gasteiger charge is 2.21. The van der Waals surface area contributed by atoms with E-state index in [1.165, 1.54) is 94.6 Å². The molecular formula is C30H46N2O. The summed E-state index contributed by atoms with van der Waals surface area (Å²) in [7, 11) is 0. The molecule has 0 spiro atoms. The van der Waals surface area contributed by atoms with Crippen molar-refractivity contribution in [2.45, 2.75) is 111 Å². The Kier molecular flexibility index (Phi) is 11.2. The van der Waals surface area contributed by atoms with Crippen LogP contribution in [0.15, 0.2) is 30.6 Å². The summed E-state index contributed by atoms with van der Waals surface area (Å²) in [6, 6.07) is 6.37. The van der Waals surface area contributed by atoms with Gasteiger partial charge in [0.05, 0.1) is 6.61 Å². The van der Waals surface area contributed by atoms with E-state index in [4.69, 9.17) is 4.74 Å². The Morgan fingerprint density at radius 3 is 2.15 bits per heavy atom. The van der Waals surface area contributed by atoms with Gasteiger partial charge in [-0.15, -0.1) is 0 Å². The molecular weight excluding hydrogens is 404 g/mol. The second kappa shape index (κ2) is 14.4. The fourth-order valence-corrected chi connectivity index (χ4v) is 5.17. The lowest BCUT2D eigenvalue weighted by molar-refractivity contribution is 0.178. The van der Waals surface area contributed by atoms with Crippen molar-refractivity contribution in [1.82, 2.24) is 9.97 Å². The quantitative estimate of drug-likeness (QED) is 0.270. The van der Waals surface area contributed by atoms with Crippen molar-refractivity contribution in [3.05, 3.63) is 41.7 Å². The zero-order valence-corrected chi connectivity index (χ0v) is 21.5. The van der Waals surface area contributed by atoms with E-state index in [2.05, 4.69) is 48.9 Å². The van der Waals surface area contributed by atoms with Gasteiger partial charge in [-0.1, -0.05) is 78.1 Å². The zero-order chi connectivity index (χ0) is 23.3. The maximum Gasteiger partial charge on any atom is 0.159 e. The van der Waals surface area contributed by atoms with Crippen molar-refractivity contribution in [2.75, 3.05) is 6.61 Å². The molecule has 3 nitrogen and oxygen atoms in total.